The van der Waals surface area contributed by atoms with Crippen molar-refractivity contribution in [1.29, 1.82) is 0 Å². The van der Waals surface area contributed by atoms with Crippen LogP contribution >= 0.6 is 0 Å². The highest BCUT2D eigenvalue weighted by atomic mass is 16.6. The summed E-state index contributed by atoms with van der Waals surface area (Å²) in [6.45, 7) is 10.2. The second-order valence-corrected chi connectivity index (χ2v) is 6.63. The van der Waals surface area contributed by atoms with Gasteiger partial charge in [-0.15, -0.1) is 0 Å². The van der Waals surface area contributed by atoms with Gasteiger partial charge in [-0.25, -0.2) is 0 Å². The van der Waals surface area contributed by atoms with Crippen LogP contribution in [0.2, 0.25) is 0 Å². The van der Waals surface area contributed by atoms with Gasteiger partial charge in [0.25, 0.3) is 0 Å². The van der Waals surface area contributed by atoms with Gasteiger partial charge in [0.15, 0.2) is 0 Å². The van der Waals surface area contributed by atoms with Crippen LogP contribution in [0.1, 0.15) is 53.4 Å². The zero-order chi connectivity index (χ0) is 14.0. The van der Waals surface area contributed by atoms with Crippen LogP contribution in [0.25, 0.3) is 0 Å². The average Bonchev–Trinajstić information content (AvgIpc) is 2.26. The molecule has 3 nitrogen and oxygen atoms in total. The van der Waals surface area contributed by atoms with E-state index in [1.165, 1.54) is 25.3 Å². The molecule has 0 N–H and O–H groups in total. The molecule has 0 aromatic heterocycles. The van der Waals surface area contributed by atoms with E-state index in [-0.39, 0.29) is 11.6 Å². The van der Waals surface area contributed by atoms with Crippen molar-refractivity contribution < 1.29 is 9.53 Å². The van der Waals surface area contributed by atoms with Crippen LogP contribution < -0.4 is 0 Å². The van der Waals surface area contributed by atoms with E-state index in [2.05, 4.69) is 31.7 Å². The number of carbonyl (C=O) groups is 1. The van der Waals surface area contributed by atoms with Crippen LogP contribution in [0, 0.1) is 5.92 Å². The standard InChI is InChI=1S/C16H27NO2/c1-12(2)9-14-10-16(4,19-13(3)18)15-7-5-6-8-17(15)11-14/h9,12,15H,5-8,10-11H2,1-4H3/b14-9-/t15-,16-/m0/s1. The first-order valence-corrected chi connectivity index (χ1v) is 7.54. The highest BCUT2D eigenvalue weighted by Crippen LogP contribution is 2.39. The predicted octanol–water partition coefficient (Wildman–Crippen LogP) is 3.15. The van der Waals surface area contributed by atoms with Crippen LogP contribution in [0.15, 0.2) is 11.6 Å². The lowest BCUT2D eigenvalue weighted by molar-refractivity contribution is -0.167. The van der Waals surface area contributed by atoms with Gasteiger partial charge in [0.05, 0.1) is 0 Å². The molecule has 2 heterocycles. The molecule has 0 radical (unpaired) electrons. The quantitative estimate of drug-likeness (QED) is 0.567. The summed E-state index contributed by atoms with van der Waals surface area (Å²) in [6, 6.07) is 0.398. The van der Waals surface area contributed by atoms with E-state index in [4.69, 9.17) is 4.74 Å². The largest absolute Gasteiger partial charge is 0.458 e. The van der Waals surface area contributed by atoms with Crippen molar-refractivity contribution in [2.24, 2.45) is 5.92 Å². The molecule has 0 unspecified atom stereocenters. The van der Waals surface area contributed by atoms with Gasteiger partial charge in [-0.1, -0.05) is 31.9 Å². The molecule has 3 heteroatoms. The summed E-state index contributed by atoms with van der Waals surface area (Å²) in [5.41, 5.74) is 1.09. The van der Waals surface area contributed by atoms with E-state index in [1.807, 2.05) is 0 Å². The van der Waals surface area contributed by atoms with Crippen LogP contribution in [0.5, 0.6) is 0 Å². The minimum atomic E-state index is -0.342. The maximum atomic E-state index is 11.5. The van der Waals surface area contributed by atoms with Crippen molar-refractivity contribution >= 4 is 5.97 Å². The molecule has 0 saturated carbocycles. The number of allylic oxidation sites excluding steroid dienone is 1. The first-order valence-electron chi connectivity index (χ1n) is 7.54. The second-order valence-electron chi connectivity index (χ2n) is 6.63. The average molecular weight is 265 g/mol. The van der Waals surface area contributed by atoms with E-state index in [0.717, 1.165) is 25.9 Å². The second kappa shape index (κ2) is 5.66. The van der Waals surface area contributed by atoms with Crippen molar-refractivity contribution in [3.63, 3.8) is 0 Å². The number of rotatable bonds is 2. The summed E-state index contributed by atoms with van der Waals surface area (Å²) >= 11 is 0. The Hall–Kier alpha value is -0.830. The third-order valence-corrected chi connectivity index (χ3v) is 4.25. The van der Waals surface area contributed by atoms with E-state index < -0.39 is 0 Å². The highest BCUT2D eigenvalue weighted by Gasteiger charge is 2.45. The molecule has 2 atom stereocenters. The Bertz CT molecular complexity index is 375. The van der Waals surface area contributed by atoms with Gasteiger partial charge in [-0.05, 0) is 32.2 Å². The van der Waals surface area contributed by atoms with Crippen LogP contribution in [-0.2, 0) is 9.53 Å². The lowest BCUT2D eigenvalue weighted by atomic mass is 9.78. The van der Waals surface area contributed by atoms with E-state index >= 15 is 0 Å². The van der Waals surface area contributed by atoms with E-state index in [0.29, 0.717) is 12.0 Å². The fourth-order valence-corrected chi connectivity index (χ4v) is 3.77. The van der Waals surface area contributed by atoms with E-state index in [1.54, 1.807) is 0 Å². The number of hydrogen-bond donors (Lipinski definition) is 0. The number of fused-ring (bicyclic) bond motifs is 1. The molecule has 2 fully saturated rings. The number of esters is 1. The molecular weight excluding hydrogens is 238 g/mol. The Balaban J connectivity index is 2.24. The Morgan fingerprint density at radius 3 is 2.84 bits per heavy atom. The van der Waals surface area contributed by atoms with Gasteiger partial charge >= 0.3 is 5.97 Å². The maximum Gasteiger partial charge on any atom is 0.303 e. The fraction of sp³-hybridized carbons (Fsp3) is 0.812. The van der Waals surface area contributed by atoms with E-state index in [9.17, 15) is 4.79 Å². The van der Waals surface area contributed by atoms with Gasteiger partial charge in [0, 0.05) is 25.9 Å². The molecule has 0 aromatic carbocycles. The summed E-state index contributed by atoms with van der Waals surface area (Å²) in [4.78, 5) is 14.0. The van der Waals surface area contributed by atoms with Crippen molar-refractivity contribution in [2.75, 3.05) is 13.1 Å². The Morgan fingerprint density at radius 1 is 1.47 bits per heavy atom. The number of nitrogens with zero attached hydrogens (tertiary/aromatic N) is 1. The molecule has 2 aliphatic rings. The number of hydrogen-bond acceptors (Lipinski definition) is 3. The molecule has 19 heavy (non-hydrogen) atoms. The van der Waals surface area contributed by atoms with Crippen LogP contribution in [0.4, 0.5) is 0 Å². The van der Waals surface area contributed by atoms with Crippen molar-refractivity contribution in [3.8, 4) is 0 Å². The zero-order valence-electron chi connectivity index (χ0n) is 12.7. The number of ether oxygens (including phenoxy) is 1. The molecule has 2 aliphatic heterocycles. The first kappa shape index (κ1) is 14.6. The SMILES string of the molecule is CC(=O)O[C@@]1(C)C/C(=C/C(C)C)CN2CCCC[C@H]21. The van der Waals surface area contributed by atoms with Crippen LogP contribution in [-0.4, -0.2) is 35.6 Å². The van der Waals surface area contributed by atoms with Gasteiger partial charge in [-0.3, -0.25) is 9.69 Å². The maximum absolute atomic E-state index is 11.5. The number of carbonyl (C=O) groups excluding carboxylic acids is 1. The predicted molar refractivity (Wildman–Crippen MR) is 76.9 cm³/mol. The van der Waals surface area contributed by atoms with Crippen LogP contribution in [0.3, 0.4) is 0 Å². The Morgan fingerprint density at radius 2 is 2.21 bits per heavy atom. The minimum absolute atomic E-state index is 0.154. The molecule has 0 amide bonds. The topological polar surface area (TPSA) is 29.5 Å². The Kier molecular flexibility index (Phi) is 4.34. The smallest absolute Gasteiger partial charge is 0.303 e. The van der Waals surface area contributed by atoms with Gasteiger partial charge < -0.3 is 4.74 Å². The summed E-state index contributed by atoms with van der Waals surface area (Å²) in [7, 11) is 0. The monoisotopic (exact) mass is 265 g/mol. The summed E-state index contributed by atoms with van der Waals surface area (Å²) in [6.07, 6.45) is 6.90. The summed E-state index contributed by atoms with van der Waals surface area (Å²) < 4.78 is 5.74. The van der Waals surface area contributed by atoms with Crippen molar-refractivity contribution in [3.05, 3.63) is 11.6 Å². The summed E-state index contributed by atoms with van der Waals surface area (Å²) in [5, 5.41) is 0. The van der Waals surface area contributed by atoms with Crippen molar-refractivity contribution in [1.82, 2.24) is 4.90 Å². The van der Waals surface area contributed by atoms with Gasteiger partial charge in [0.1, 0.15) is 5.60 Å². The third kappa shape index (κ3) is 3.38. The van der Waals surface area contributed by atoms with Gasteiger partial charge in [0.2, 0.25) is 0 Å². The molecule has 108 valence electrons. The lowest BCUT2D eigenvalue weighted by Gasteiger charge is -2.50. The molecule has 0 aliphatic carbocycles. The molecule has 0 aromatic rings. The molecule has 2 rings (SSSR count). The number of piperidine rings is 2. The minimum Gasteiger partial charge on any atom is -0.458 e. The molecule has 2 saturated heterocycles. The molecule has 0 spiro atoms. The lowest BCUT2D eigenvalue weighted by Crippen LogP contribution is -2.59. The molecule has 0 bridgehead atoms. The fourth-order valence-electron chi connectivity index (χ4n) is 3.77. The Labute approximate surface area is 117 Å². The highest BCUT2D eigenvalue weighted by molar-refractivity contribution is 5.66. The third-order valence-electron chi connectivity index (χ3n) is 4.25. The summed E-state index contributed by atoms with van der Waals surface area (Å²) in [5.74, 6) is 0.400. The zero-order valence-corrected chi connectivity index (χ0v) is 12.7. The van der Waals surface area contributed by atoms with Crippen molar-refractivity contribution in [2.45, 2.75) is 65.0 Å². The first-order chi connectivity index (χ1) is 8.90. The van der Waals surface area contributed by atoms with Gasteiger partial charge in [-0.2, -0.15) is 0 Å². The molecular formula is C16H27NO2. The normalized spacial score (nSPS) is 34.4.